The topological polar surface area (TPSA) is 123 Å². The second kappa shape index (κ2) is 15.0. The summed E-state index contributed by atoms with van der Waals surface area (Å²) in [6, 6.07) is 18.4. The molecule has 0 spiro atoms. The number of alkyl carbamates (subject to hydrolysis) is 2. The Labute approximate surface area is 234 Å². The van der Waals surface area contributed by atoms with Crippen LogP contribution in [0.1, 0.15) is 28.9 Å². The molecule has 0 aliphatic carbocycles. The largest absolute Gasteiger partial charge is 0.446 e. The summed E-state index contributed by atoms with van der Waals surface area (Å²) in [5.41, 5.74) is 6.63. The molecule has 3 atom stereocenters. The molecule has 3 N–H and O–H groups in total. The number of aliphatic hydroxyl groups is 1. The molecule has 2 aromatic heterocycles. The van der Waals surface area contributed by atoms with Gasteiger partial charge in [-0.05, 0) is 17.5 Å². The number of carbonyl (C=O) groups is 2. The van der Waals surface area contributed by atoms with E-state index in [1.807, 2.05) is 66.0 Å². The first-order valence-corrected chi connectivity index (χ1v) is 14.3. The molecule has 39 heavy (non-hydrogen) atoms. The number of aliphatic hydroxyl groups excluding tert-OH is 1. The third-order valence-corrected chi connectivity index (χ3v) is 7.15. The molecule has 0 aliphatic rings. The Hall–Kier alpha value is -3.80. The fraction of sp³-hybridized carbons (Fsp3) is 0.286. The highest BCUT2D eigenvalue weighted by molar-refractivity contribution is 7.07. The van der Waals surface area contributed by atoms with E-state index < -0.39 is 30.4 Å². The number of amides is 2. The van der Waals surface area contributed by atoms with Crippen LogP contribution in [0.25, 0.3) is 0 Å². The van der Waals surface area contributed by atoms with E-state index in [0.717, 1.165) is 16.8 Å². The van der Waals surface area contributed by atoms with Gasteiger partial charge in [-0.2, -0.15) is 0 Å². The van der Waals surface area contributed by atoms with Gasteiger partial charge in [0.25, 0.3) is 0 Å². The maximum Gasteiger partial charge on any atom is 0.407 e. The molecule has 0 radical (unpaired) electrons. The third kappa shape index (κ3) is 9.78. The second-order valence-corrected chi connectivity index (χ2v) is 10.3. The van der Waals surface area contributed by atoms with Crippen molar-refractivity contribution in [3.05, 3.63) is 105 Å². The van der Waals surface area contributed by atoms with Crippen molar-refractivity contribution in [1.29, 1.82) is 0 Å². The molecule has 0 aliphatic heterocycles. The Kier molecular flexibility index (Phi) is 10.8. The molecule has 4 rings (SSSR count). The lowest BCUT2D eigenvalue weighted by atomic mass is 9.95. The molecule has 204 valence electrons. The standard InChI is InChI=1S/C28H30N4O5S2/c33-26(25(12-21-9-5-2-6-10-21)32-28(35)36-15-23-17-39-19-31-23)13-24(11-20-7-3-1-4-8-20)37-27(34)29-14-22-16-38-18-30-22/h1-10,16-19,24-26,33H,11-15H2,(H,29,34)(H,32,35). The van der Waals surface area contributed by atoms with E-state index in [1.54, 1.807) is 16.4 Å². The maximum absolute atomic E-state index is 12.6. The van der Waals surface area contributed by atoms with Gasteiger partial charge in [-0.1, -0.05) is 60.7 Å². The lowest BCUT2D eigenvalue weighted by Gasteiger charge is -2.27. The van der Waals surface area contributed by atoms with Gasteiger partial charge in [0.15, 0.2) is 0 Å². The molecular weight excluding hydrogens is 536 g/mol. The molecule has 3 unspecified atom stereocenters. The highest BCUT2D eigenvalue weighted by Gasteiger charge is 2.28. The number of rotatable bonds is 13. The fourth-order valence-electron chi connectivity index (χ4n) is 3.96. The van der Waals surface area contributed by atoms with Crippen LogP contribution in [0.5, 0.6) is 0 Å². The van der Waals surface area contributed by atoms with Crippen LogP contribution in [0.2, 0.25) is 0 Å². The van der Waals surface area contributed by atoms with Gasteiger partial charge in [0.2, 0.25) is 0 Å². The summed E-state index contributed by atoms with van der Waals surface area (Å²) in [5, 5.41) is 20.5. The summed E-state index contributed by atoms with van der Waals surface area (Å²) in [7, 11) is 0. The number of ether oxygens (including phenoxy) is 2. The Morgan fingerprint density at radius 2 is 1.46 bits per heavy atom. The first kappa shape index (κ1) is 28.2. The van der Waals surface area contributed by atoms with Gasteiger partial charge >= 0.3 is 12.2 Å². The van der Waals surface area contributed by atoms with Crippen molar-refractivity contribution >= 4 is 34.9 Å². The lowest BCUT2D eigenvalue weighted by molar-refractivity contribution is 0.0364. The SMILES string of the molecule is O=C(NC(Cc1ccccc1)C(O)CC(Cc1ccccc1)OC(=O)NCc1cscn1)OCc1cscn1. The highest BCUT2D eigenvalue weighted by Crippen LogP contribution is 2.17. The Morgan fingerprint density at radius 3 is 2.08 bits per heavy atom. The maximum atomic E-state index is 12.6. The zero-order valence-corrected chi connectivity index (χ0v) is 22.8. The molecule has 2 heterocycles. The summed E-state index contributed by atoms with van der Waals surface area (Å²) in [4.78, 5) is 33.5. The van der Waals surface area contributed by atoms with E-state index in [4.69, 9.17) is 9.47 Å². The second-order valence-electron chi connectivity index (χ2n) is 8.85. The van der Waals surface area contributed by atoms with E-state index in [1.165, 1.54) is 22.7 Å². The molecule has 9 nitrogen and oxygen atoms in total. The van der Waals surface area contributed by atoms with Crippen LogP contribution in [0.4, 0.5) is 9.59 Å². The van der Waals surface area contributed by atoms with E-state index >= 15 is 0 Å². The Balaban J connectivity index is 1.42. The van der Waals surface area contributed by atoms with Crippen molar-refractivity contribution in [3.63, 3.8) is 0 Å². The van der Waals surface area contributed by atoms with Crippen molar-refractivity contribution in [2.45, 2.75) is 50.7 Å². The minimum atomic E-state index is -1.03. The smallest absolute Gasteiger partial charge is 0.407 e. The van der Waals surface area contributed by atoms with Crippen molar-refractivity contribution in [2.24, 2.45) is 0 Å². The van der Waals surface area contributed by atoms with Gasteiger partial charge in [0.1, 0.15) is 12.7 Å². The van der Waals surface area contributed by atoms with E-state index in [2.05, 4.69) is 20.6 Å². The normalized spacial score (nSPS) is 13.2. The third-order valence-electron chi connectivity index (χ3n) is 5.88. The summed E-state index contributed by atoms with van der Waals surface area (Å²) in [6.45, 7) is 0.272. The molecule has 0 fully saturated rings. The molecule has 2 aromatic carbocycles. The zero-order valence-electron chi connectivity index (χ0n) is 21.1. The van der Waals surface area contributed by atoms with Gasteiger partial charge in [0.05, 0.1) is 41.1 Å². The summed E-state index contributed by atoms with van der Waals surface area (Å²) < 4.78 is 11.1. The average Bonchev–Trinajstić information content (AvgIpc) is 3.66. The number of thiazole rings is 2. The van der Waals surface area contributed by atoms with Crippen molar-refractivity contribution in [3.8, 4) is 0 Å². The van der Waals surface area contributed by atoms with Crippen LogP contribution in [0.15, 0.2) is 82.4 Å². The lowest BCUT2D eigenvalue weighted by Crippen LogP contribution is -2.47. The quantitative estimate of drug-likeness (QED) is 0.214. The Bertz CT molecular complexity index is 1260. The molecule has 0 saturated heterocycles. The molecule has 4 aromatic rings. The van der Waals surface area contributed by atoms with E-state index in [9.17, 15) is 14.7 Å². The van der Waals surface area contributed by atoms with Gasteiger partial charge in [-0.15, -0.1) is 22.7 Å². The molecule has 0 bridgehead atoms. The first-order valence-electron chi connectivity index (χ1n) is 12.4. The van der Waals surface area contributed by atoms with Crippen LogP contribution >= 0.6 is 22.7 Å². The number of nitrogens with one attached hydrogen (secondary N) is 2. The minimum absolute atomic E-state index is 0.0301. The monoisotopic (exact) mass is 566 g/mol. The minimum Gasteiger partial charge on any atom is -0.446 e. The number of hydrogen-bond acceptors (Lipinski definition) is 9. The van der Waals surface area contributed by atoms with Gasteiger partial charge < -0.3 is 25.2 Å². The van der Waals surface area contributed by atoms with Crippen molar-refractivity contribution in [1.82, 2.24) is 20.6 Å². The number of carbonyl (C=O) groups excluding carboxylic acids is 2. The van der Waals surface area contributed by atoms with Crippen molar-refractivity contribution in [2.75, 3.05) is 0 Å². The van der Waals surface area contributed by atoms with Gasteiger partial charge in [-0.3, -0.25) is 0 Å². The first-order chi connectivity index (χ1) is 19.0. The molecule has 0 saturated carbocycles. The predicted molar refractivity (Wildman–Crippen MR) is 149 cm³/mol. The van der Waals surface area contributed by atoms with Crippen LogP contribution in [0.3, 0.4) is 0 Å². The van der Waals surface area contributed by atoms with Crippen LogP contribution in [0, 0.1) is 0 Å². The number of benzene rings is 2. The summed E-state index contributed by atoms with van der Waals surface area (Å²) in [6.07, 6.45) is -2.09. The van der Waals surface area contributed by atoms with Gasteiger partial charge in [-0.25, -0.2) is 19.6 Å². The van der Waals surface area contributed by atoms with Crippen LogP contribution < -0.4 is 10.6 Å². The van der Waals surface area contributed by atoms with E-state index in [0.29, 0.717) is 18.5 Å². The van der Waals surface area contributed by atoms with Crippen molar-refractivity contribution < 1.29 is 24.2 Å². The van der Waals surface area contributed by atoms with Crippen LogP contribution in [-0.2, 0) is 35.5 Å². The Morgan fingerprint density at radius 1 is 0.846 bits per heavy atom. The molecular formula is C28H30N4O5S2. The molecule has 11 heteroatoms. The summed E-state index contributed by atoms with van der Waals surface area (Å²) >= 11 is 2.86. The summed E-state index contributed by atoms with van der Waals surface area (Å²) in [5.74, 6) is 0. The molecule has 2 amide bonds. The number of hydrogen-bond donors (Lipinski definition) is 3. The average molecular weight is 567 g/mol. The number of aromatic nitrogens is 2. The van der Waals surface area contributed by atoms with E-state index in [-0.39, 0.29) is 19.6 Å². The van der Waals surface area contributed by atoms with Crippen LogP contribution in [-0.4, -0.2) is 45.5 Å². The van der Waals surface area contributed by atoms with Gasteiger partial charge in [0, 0.05) is 23.6 Å². The predicted octanol–water partition coefficient (Wildman–Crippen LogP) is 4.73. The fourth-order valence-corrected chi connectivity index (χ4v) is 5.06. The zero-order chi connectivity index (χ0) is 27.3. The highest BCUT2D eigenvalue weighted by atomic mass is 32.1. The number of nitrogens with zero attached hydrogens (tertiary/aromatic N) is 2.